The predicted molar refractivity (Wildman–Crippen MR) is 77.3 cm³/mol. The number of hydrogen-bond acceptors (Lipinski definition) is 4. The highest BCUT2D eigenvalue weighted by Crippen LogP contribution is 2.14. The monoisotopic (exact) mass is 295 g/mol. The largest absolute Gasteiger partial charge is 0.482 e. The SMILES string of the molecule is CC(C)C[C@@H](NCc1cccc(OCC(=O)O)c1)C(=O)O. The molecular weight excluding hydrogens is 274 g/mol. The highest BCUT2D eigenvalue weighted by Gasteiger charge is 2.17. The van der Waals surface area contributed by atoms with E-state index < -0.39 is 24.6 Å². The Kier molecular flexibility index (Phi) is 6.68. The summed E-state index contributed by atoms with van der Waals surface area (Å²) in [5.74, 6) is -1.18. The van der Waals surface area contributed by atoms with Crippen LogP contribution in [0.5, 0.6) is 5.75 Å². The molecule has 1 atom stereocenters. The molecule has 116 valence electrons. The minimum Gasteiger partial charge on any atom is -0.482 e. The third-order valence-electron chi connectivity index (χ3n) is 2.82. The fourth-order valence-corrected chi connectivity index (χ4v) is 1.87. The van der Waals surface area contributed by atoms with E-state index in [1.165, 1.54) is 0 Å². The Labute approximate surface area is 123 Å². The molecule has 0 aromatic heterocycles. The molecule has 0 aliphatic rings. The van der Waals surface area contributed by atoms with E-state index in [2.05, 4.69) is 5.32 Å². The second-order valence-corrected chi connectivity index (χ2v) is 5.23. The van der Waals surface area contributed by atoms with Gasteiger partial charge in [0.25, 0.3) is 0 Å². The summed E-state index contributed by atoms with van der Waals surface area (Å²) in [6.07, 6.45) is 0.546. The van der Waals surface area contributed by atoms with Crippen molar-refractivity contribution in [2.75, 3.05) is 6.61 Å². The number of rotatable bonds is 9. The van der Waals surface area contributed by atoms with Crippen LogP contribution in [0, 0.1) is 5.92 Å². The highest BCUT2D eigenvalue weighted by atomic mass is 16.5. The van der Waals surface area contributed by atoms with E-state index in [0.717, 1.165) is 5.56 Å². The number of benzene rings is 1. The van der Waals surface area contributed by atoms with E-state index in [9.17, 15) is 9.59 Å². The maximum atomic E-state index is 11.1. The number of nitrogens with one attached hydrogen (secondary N) is 1. The van der Waals surface area contributed by atoms with Crippen molar-refractivity contribution in [3.8, 4) is 5.75 Å². The first kappa shape index (κ1) is 17.0. The minimum absolute atomic E-state index is 0.281. The van der Waals surface area contributed by atoms with Gasteiger partial charge in [-0.25, -0.2) is 4.79 Å². The second-order valence-electron chi connectivity index (χ2n) is 5.23. The van der Waals surface area contributed by atoms with Crippen LogP contribution in [0.15, 0.2) is 24.3 Å². The number of carbonyl (C=O) groups is 2. The summed E-state index contributed by atoms with van der Waals surface area (Å²) in [6, 6.07) is 6.33. The number of ether oxygens (including phenoxy) is 1. The van der Waals surface area contributed by atoms with E-state index in [1.807, 2.05) is 19.9 Å². The first-order chi connectivity index (χ1) is 9.88. The van der Waals surface area contributed by atoms with Crippen molar-refractivity contribution in [1.29, 1.82) is 0 Å². The van der Waals surface area contributed by atoms with E-state index >= 15 is 0 Å². The Bertz CT molecular complexity index is 487. The third-order valence-corrected chi connectivity index (χ3v) is 2.82. The Morgan fingerprint density at radius 2 is 2.00 bits per heavy atom. The molecule has 1 aromatic carbocycles. The van der Waals surface area contributed by atoms with Gasteiger partial charge < -0.3 is 20.3 Å². The van der Waals surface area contributed by atoms with Crippen molar-refractivity contribution in [2.24, 2.45) is 5.92 Å². The van der Waals surface area contributed by atoms with Crippen LogP contribution in [0.3, 0.4) is 0 Å². The van der Waals surface area contributed by atoms with Crippen LogP contribution in [-0.2, 0) is 16.1 Å². The zero-order chi connectivity index (χ0) is 15.8. The Balaban J connectivity index is 2.59. The average Bonchev–Trinajstić information content (AvgIpc) is 2.41. The van der Waals surface area contributed by atoms with Gasteiger partial charge in [0.1, 0.15) is 11.8 Å². The molecule has 0 unspecified atom stereocenters. The standard InChI is InChI=1S/C15H21NO5/c1-10(2)6-13(15(19)20)16-8-11-4-3-5-12(7-11)21-9-14(17)18/h3-5,7,10,13,16H,6,8-9H2,1-2H3,(H,17,18)(H,19,20)/t13-/m1/s1. The maximum absolute atomic E-state index is 11.1. The zero-order valence-electron chi connectivity index (χ0n) is 12.2. The van der Waals surface area contributed by atoms with Crippen molar-refractivity contribution in [1.82, 2.24) is 5.32 Å². The Hall–Kier alpha value is -2.08. The van der Waals surface area contributed by atoms with Crippen molar-refractivity contribution in [2.45, 2.75) is 32.9 Å². The van der Waals surface area contributed by atoms with Gasteiger partial charge in [0, 0.05) is 6.54 Å². The van der Waals surface area contributed by atoms with E-state index in [1.54, 1.807) is 18.2 Å². The van der Waals surface area contributed by atoms with Crippen LogP contribution in [0.25, 0.3) is 0 Å². The Morgan fingerprint density at radius 1 is 1.29 bits per heavy atom. The third kappa shape index (κ3) is 6.76. The lowest BCUT2D eigenvalue weighted by Gasteiger charge is -2.16. The van der Waals surface area contributed by atoms with Gasteiger partial charge >= 0.3 is 11.9 Å². The Morgan fingerprint density at radius 3 is 2.57 bits per heavy atom. The summed E-state index contributed by atoms with van der Waals surface area (Å²) in [5, 5.41) is 20.7. The molecule has 0 heterocycles. The number of carboxylic acids is 2. The molecule has 0 spiro atoms. The molecule has 3 N–H and O–H groups in total. The molecule has 6 nitrogen and oxygen atoms in total. The predicted octanol–water partition coefficient (Wildman–Crippen LogP) is 1.74. The van der Waals surface area contributed by atoms with Gasteiger partial charge in [-0.15, -0.1) is 0 Å². The quantitative estimate of drug-likeness (QED) is 0.642. The van der Waals surface area contributed by atoms with Crippen molar-refractivity contribution < 1.29 is 24.5 Å². The lowest BCUT2D eigenvalue weighted by atomic mass is 10.0. The molecule has 0 saturated heterocycles. The van der Waals surface area contributed by atoms with Crippen LogP contribution in [-0.4, -0.2) is 34.8 Å². The molecule has 0 radical (unpaired) electrons. The van der Waals surface area contributed by atoms with Crippen molar-refractivity contribution in [3.63, 3.8) is 0 Å². The van der Waals surface area contributed by atoms with Gasteiger partial charge in [-0.3, -0.25) is 4.79 Å². The molecule has 0 fully saturated rings. The molecule has 0 amide bonds. The lowest BCUT2D eigenvalue weighted by Crippen LogP contribution is -2.37. The van der Waals surface area contributed by atoms with Gasteiger partial charge in [0.05, 0.1) is 0 Å². The normalized spacial score (nSPS) is 12.1. The molecule has 21 heavy (non-hydrogen) atoms. The van der Waals surface area contributed by atoms with Gasteiger partial charge in [-0.2, -0.15) is 0 Å². The molecule has 0 saturated carbocycles. The van der Waals surface area contributed by atoms with Gasteiger partial charge in [-0.1, -0.05) is 26.0 Å². The van der Waals surface area contributed by atoms with Crippen LogP contribution in [0.1, 0.15) is 25.8 Å². The molecule has 0 bridgehead atoms. The highest BCUT2D eigenvalue weighted by molar-refractivity contribution is 5.73. The van der Waals surface area contributed by atoms with Crippen LogP contribution in [0.4, 0.5) is 0 Å². The summed E-state index contributed by atoms with van der Waals surface area (Å²) in [5.41, 5.74) is 0.841. The van der Waals surface area contributed by atoms with Crippen LogP contribution < -0.4 is 10.1 Å². The smallest absolute Gasteiger partial charge is 0.341 e. The topological polar surface area (TPSA) is 95.9 Å². The molecule has 6 heteroatoms. The maximum Gasteiger partial charge on any atom is 0.341 e. The number of aliphatic carboxylic acids is 2. The second kappa shape index (κ2) is 8.26. The zero-order valence-corrected chi connectivity index (χ0v) is 12.2. The number of carboxylic acid groups (broad SMARTS) is 2. The summed E-state index contributed by atoms with van der Waals surface area (Å²) in [4.78, 5) is 21.6. The minimum atomic E-state index is -1.04. The molecule has 0 aliphatic carbocycles. The van der Waals surface area contributed by atoms with Gasteiger partial charge in [-0.05, 0) is 30.0 Å². The molecule has 1 aromatic rings. The molecular formula is C15H21NO5. The van der Waals surface area contributed by atoms with Crippen LogP contribution in [0.2, 0.25) is 0 Å². The molecule has 1 rings (SSSR count). The van der Waals surface area contributed by atoms with Gasteiger partial charge in [0.15, 0.2) is 6.61 Å². The average molecular weight is 295 g/mol. The fourth-order valence-electron chi connectivity index (χ4n) is 1.87. The first-order valence-corrected chi connectivity index (χ1v) is 6.78. The number of hydrogen-bond donors (Lipinski definition) is 3. The summed E-state index contributed by atoms with van der Waals surface area (Å²) in [6.45, 7) is 3.92. The molecule has 0 aliphatic heterocycles. The fraction of sp³-hybridized carbons (Fsp3) is 0.467. The first-order valence-electron chi connectivity index (χ1n) is 6.78. The van der Waals surface area contributed by atoms with Crippen molar-refractivity contribution >= 4 is 11.9 Å². The van der Waals surface area contributed by atoms with E-state index in [0.29, 0.717) is 18.7 Å². The van der Waals surface area contributed by atoms with E-state index in [4.69, 9.17) is 14.9 Å². The summed E-state index contributed by atoms with van der Waals surface area (Å²) >= 11 is 0. The van der Waals surface area contributed by atoms with E-state index in [-0.39, 0.29) is 5.92 Å². The lowest BCUT2D eigenvalue weighted by molar-refractivity contribution is -0.140. The van der Waals surface area contributed by atoms with Crippen molar-refractivity contribution in [3.05, 3.63) is 29.8 Å². The summed E-state index contributed by atoms with van der Waals surface area (Å²) in [7, 11) is 0. The van der Waals surface area contributed by atoms with Gasteiger partial charge in [0.2, 0.25) is 0 Å². The van der Waals surface area contributed by atoms with Crippen LogP contribution >= 0.6 is 0 Å². The summed E-state index contributed by atoms with van der Waals surface area (Å²) < 4.78 is 5.08.